The summed E-state index contributed by atoms with van der Waals surface area (Å²) >= 11 is 0. The van der Waals surface area contributed by atoms with E-state index in [4.69, 9.17) is 0 Å². The minimum absolute atomic E-state index is 0.173. The smallest absolute Gasteiger partial charge is 0.236 e. The average Bonchev–Trinajstić information content (AvgIpc) is 2.25. The van der Waals surface area contributed by atoms with Crippen molar-refractivity contribution in [3.8, 4) is 0 Å². The zero-order chi connectivity index (χ0) is 12.1. The molecule has 4 nitrogen and oxygen atoms in total. The Kier molecular flexibility index (Phi) is 5.22. The number of rotatable bonds is 4. The van der Waals surface area contributed by atoms with E-state index < -0.39 is 0 Å². The molecule has 1 aliphatic rings. The fourth-order valence-electron chi connectivity index (χ4n) is 2.13. The number of likely N-dealkylation sites (N-methyl/N-ethyl adjacent to an activating group) is 1. The molecule has 0 bridgehead atoms. The van der Waals surface area contributed by atoms with Crippen LogP contribution in [0.4, 0.5) is 0 Å². The zero-order valence-electron chi connectivity index (χ0n) is 10.6. The van der Waals surface area contributed by atoms with Gasteiger partial charge < -0.3 is 10.0 Å². The van der Waals surface area contributed by atoms with E-state index >= 15 is 0 Å². The van der Waals surface area contributed by atoms with Crippen LogP contribution >= 0.6 is 0 Å². The number of carbonyl (C=O) groups is 1. The van der Waals surface area contributed by atoms with Crippen molar-refractivity contribution in [2.75, 3.05) is 32.7 Å². The highest BCUT2D eigenvalue weighted by atomic mass is 16.3. The van der Waals surface area contributed by atoms with Crippen molar-refractivity contribution in [2.24, 2.45) is 5.92 Å². The van der Waals surface area contributed by atoms with Gasteiger partial charge in [-0.2, -0.15) is 0 Å². The Morgan fingerprint density at radius 3 is 2.56 bits per heavy atom. The van der Waals surface area contributed by atoms with E-state index in [2.05, 4.69) is 11.8 Å². The number of hydrogen-bond donors (Lipinski definition) is 1. The number of nitrogens with zero attached hydrogens (tertiary/aromatic N) is 2. The zero-order valence-corrected chi connectivity index (χ0v) is 10.6. The normalized spacial score (nSPS) is 26.8. The largest absolute Gasteiger partial charge is 0.392 e. The van der Waals surface area contributed by atoms with Gasteiger partial charge in [-0.1, -0.05) is 6.92 Å². The van der Waals surface area contributed by atoms with Crippen molar-refractivity contribution in [1.82, 2.24) is 9.80 Å². The molecule has 1 saturated heterocycles. The van der Waals surface area contributed by atoms with Crippen LogP contribution in [0.25, 0.3) is 0 Å². The summed E-state index contributed by atoms with van der Waals surface area (Å²) in [5, 5.41) is 9.75. The van der Waals surface area contributed by atoms with E-state index in [0.717, 1.165) is 26.1 Å². The predicted octanol–water partition coefficient (Wildman–Crippen LogP) is 0.557. The number of carbonyl (C=O) groups excluding carboxylic acids is 1. The Hall–Kier alpha value is -0.610. The molecule has 16 heavy (non-hydrogen) atoms. The monoisotopic (exact) mass is 228 g/mol. The number of amides is 1. The molecular weight excluding hydrogens is 204 g/mol. The number of likely N-dealkylation sites (tertiary alicyclic amines) is 1. The summed E-state index contributed by atoms with van der Waals surface area (Å²) in [5.41, 5.74) is 0. The van der Waals surface area contributed by atoms with Crippen LogP contribution in [0, 0.1) is 5.92 Å². The molecule has 1 heterocycles. The number of aliphatic hydroxyl groups excluding tert-OH is 1. The van der Waals surface area contributed by atoms with Gasteiger partial charge in [0.15, 0.2) is 0 Å². The van der Waals surface area contributed by atoms with Crippen LogP contribution < -0.4 is 0 Å². The summed E-state index contributed by atoms with van der Waals surface area (Å²) in [6.07, 6.45) is 0.699. The summed E-state index contributed by atoms with van der Waals surface area (Å²) in [4.78, 5) is 15.8. The molecule has 0 aromatic carbocycles. The summed E-state index contributed by atoms with van der Waals surface area (Å²) in [6, 6.07) is 0. The Balaban J connectivity index is 2.40. The fourth-order valence-corrected chi connectivity index (χ4v) is 2.13. The number of aliphatic hydroxyl groups is 1. The number of hydrogen-bond acceptors (Lipinski definition) is 3. The SMILES string of the molecule is CCN(CC)C(=O)CN1CCC(C)C(O)C1. The minimum Gasteiger partial charge on any atom is -0.392 e. The molecule has 1 rings (SSSR count). The molecular formula is C12H24N2O2. The lowest BCUT2D eigenvalue weighted by molar-refractivity contribution is -0.133. The van der Waals surface area contributed by atoms with E-state index in [9.17, 15) is 9.90 Å². The van der Waals surface area contributed by atoms with Crippen molar-refractivity contribution in [2.45, 2.75) is 33.3 Å². The van der Waals surface area contributed by atoms with Gasteiger partial charge in [-0.3, -0.25) is 9.69 Å². The lowest BCUT2D eigenvalue weighted by Crippen LogP contribution is -2.47. The standard InChI is InChI=1S/C12H24N2O2/c1-4-14(5-2)12(16)9-13-7-6-10(3)11(15)8-13/h10-11,15H,4-9H2,1-3H3. The summed E-state index contributed by atoms with van der Waals surface area (Å²) in [5.74, 6) is 0.534. The Labute approximate surface area is 98.2 Å². The highest BCUT2D eigenvalue weighted by molar-refractivity contribution is 5.78. The van der Waals surface area contributed by atoms with Crippen LogP contribution in [0.15, 0.2) is 0 Å². The minimum atomic E-state index is -0.279. The number of piperidine rings is 1. The van der Waals surface area contributed by atoms with E-state index in [1.807, 2.05) is 18.7 Å². The maximum absolute atomic E-state index is 11.9. The molecule has 0 aromatic heterocycles. The topological polar surface area (TPSA) is 43.8 Å². The first-order valence-corrected chi connectivity index (χ1v) is 6.26. The molecule has 1 N–H and O–H groups in total. The van der Waals surface area contributed by atoms with Gasteiger partial charge in [0.1, 0.15) is 0 Å². The lowest BCUT2D eigenvalue weighted by Gasteiger charge is -2.34. The van der Waals surface area contributed by atoms with Crippen molar-refractivity contribution in [3.63, 3.8) is 0 Å². The van der Waals surface area contributed by atoms with Crippen LogP contribution in [-0.4, -0.2) is 59.6 Å². The molecule has 0 saturated carbocycles. The van der Waals surface area contributed by atoms with Gasteiger partial charge in [0.05, 0.1) is 12.6 Å². The van der Waals surface area contributed by atoms with Gasteiger partial charge in [-0.25, -0.2) is 0 Å². The van der Waals surface area contributed by atoms with Gasteiger partial charge in [0.2, 0.25) is 5.91 Å². The van der Waals surface area contributed by atoms with E-state index in [-0.39, 0.29) is 12.0 Å². The first-order chi connectivity index (χ1) is 7.58. The molecule has 0 spiro atoms. The summed E-state index contributed by atoms with van der Waals surface area (Å²) < 4.78 is 0. The van der Waals surface area contributed by atoms with Crippen LogP contribution in [0.1, 0.15) is 27.2 Å². The van der Waals surface area contributed by atoms with E-state index in [1.165, 1.54) is 0 Å². The van der Waals surface area contributed by atoms with Crippen LogP contribution in [0.2, 0.25) is 0 Å². The van der Waals surface area contributed by atoms with Gasteiger partial charge in [-0.15, -0.1) is 0 Å². The number of β-amino-alcohol motifs (C(OH)–C–C–N with tert-alkyl or cyclic N) is 1. The van der Waals surface area contributed by atoms with Gasteiger partial charge >= 0.3 is 0 Å². The summed E-state index contributed by atoms with van der Waals surface area (Å²) in [6.45, 7) is 9.59. The third-order valence-electron chi connectivity index (χ3n) is 3.48. The van der Waals surface area contributed by atoms with E-state index in [0.29, 0.717) is 19.0 Å². The third-order valence-corrected chi connectivity index (χ3v) is 3.48. The van der Waals surface area contributed by atoms with Crippen molar-refractivity contribution >= 4 is 5.91 Å². The van der Waals surface area contributed by atoms with Gasteiger partial charge in [0.25, 0.3) is 0 Å². The first-order valence-electron chi connectivity index (χ1n) is 6.26. The van der Waals surface area contributed by atoms with Gasteiger partial charge in [0, 0.05) is 19.6 Å². The quantitative estimate of drug-likeness (QED) is 0.764. The molecule has 1 fully saturated rings. The van der Waals surface area contributed by atoms with Crippen molar-refractivity contribution < 1.29 is 9.90 Å². The predicted molar refractivity (Wildman–Crippen MR) is 64.2 cm³/mol. The third kappa shape index (κ3) is 3.46. The highest BCUT2D eigenvalue weighted by Gasteiger charge is 2.26. The molecule has 0 aromatic rings. The molecule has 94 valence electrons. The van der Waals surface area contributed by atoms with Gasteiger partial charge in [-0.05, 0) is 32.7 Å². The van der Waals surface area contributed by atoms with Crippen LogP contribution in [0.5, 0.6) is 0 Å². The average molecular weight is 228 g/mol. The van der Waals surface area contributed by atoms with Crippen LogP contribution in [-0.2, 0) is 4.79 Å². The highest BCUT2D eigenvalue weighted by Crippen LogP contribution is 2.16. The fraction of sp³-hybridized carbons (Fsp3) is 0.917. The molecule has 1 amide bonds. The maximum atomic E-state index is 11.9. The summed E-state index contributed by atoms with van der Waals surface area (Å²) in [7, 11) is 0. The molecule has 0 radical (unpaired) electrons. The molecule has 4 heteroatoms. The molecule has 1 aliphatic heterocycles. The van der Waals surface area contributed by atoms with Crippen molar-refractivity contribution in [3.05, 3.63) is 0 Å². The second-order valence-corrected chi connectivity index (χ2v) is 4.63. The Morgan fingerprint density at radius 2 is 2.06 bits per heavy atom. The second kappa shape index (κ2) is 6.21. The maximum Gasteiger partial charge on any atom is 0.236 e. The molecule has 2 unspecified atom stereocenters. The Bertz CT molecular complexity index is 229. The second-order valence-electron chi connectivity index (χ2n) is 4.63. The first kappa shape index (κ1) is 13.5. The molecule has 0 aliphatic carbocycles. The Morgan fingerprint density at radius 1 is 1.44 bits per heavy atom. The van der Waals surface area contributed by atoms with E-state index in [1.54, 1.807) is 0 Å². The van der Waals surface area contributed by atoms with Crippen molar-refractivity contribution in [1.29, 1.82) is 0 Å². The van der Waals surface area contributed by atoms with Crippen LogP contribution in [0.3, 0.4) is 0 Å². The lowest BCUT2D eigenvalue weighted by atomic mass is 9.96. The molecule has 2 atom stereocenters.